The van der Waals surface area contributed by atoms with Crippen LogP contribution in [0.25, 0.3) is 0 Å². The zero-order chi connectivity index (χ0) is 18.3. The van der Waals surface area contributed by atoms with Crippen LogP contribution in [0.15, 0.2) is 17.0 Å². The first-order valence-electron chi connectivity index (χ1n) is 7.35. The van der Waals surface area contributed by atoms with Gasteiger partial charge in [0.2, 0.25) is 10.0 Å². The first-order chi connectivity index (χ1) is 11.3. The number of unbranched alkanes of at least 4 members (excludes halogenated alkanes) is 1. The molecule has 1 aromatic carbocycles. The monoisotopic (exact) mass is 361 g/mol. The molecule has 0 bridgehead atoms. The summed E-state index contributed by atoms with van der Waals surface area (Å²) >= 11 is 0. The minimum atomic E-state index is -4.18. The van der Waals surface area contributed by atoms with Crippen LogP contribution in [0.5, 0.6) is 17.2 Å². The summed E-state index contributed by atoms with van der Waals surface area (Å²) in [6, 6.07) is 1.55. The molecule has 1 aromatic rings. The third-order valence-electron chi connectivity index (χ3n) is 3.38. The summed E-state index contributed by atoms with van der Waals surface area (Å²) in [5, 5.41) is 9.24. The third kappa shape index (κ3) is 4.75. The predicted octanol–water partition coefficient (Wildman–Crippen LogP) is 1.63. The molecule has 0 saturated carbocycles. The van der Waals surface area contributed by atoms with Crippen LogP contribution < -0.4 is 18.9 Å². The molecule has 136 valence electrons. The summed E-state index contributed by atoms with van der Waals surface area (Å²) in [6.45, 7) is 1.89. The minimum Gasteiger partial charge on any atom is -0.496 e. The first kappa shape index (κ1) is 20.0. The van der Waals surface area contributed by atoms with Crippen LogP contribution >= 0.6 is 0 Å². The zero-order valence-electron chi connectivity index (χ0n) is 14.2. The highest BCUT2D eigenvalue weighted by Gasteiger charge is 2.31. The lowest BCUT2D eigenvalue weighted by molar-refractivity contribution is -0.139. The maximum Gasteiger partial charge on any atom is 0.321 e. The summed E-state index contributed by atoms with van der Waals surface area (Å²) in [6.07, 6.45) is 1.52. The SMILES string of the molecule is CCCC[C@H](NS(=O)(=O)c1c(OC)cc(OC)cc1OC)C(=O)O. The van der Waals surface area contributed by atoms with Crippen molar-refractivity contribution in [2.45, 2.75) is 37.1 Å². The largest absolute Gasteiger partial charge is 0.496 e. The van der Waals surface area contributed by atoms with Gasteiger partial charge in [0.25, 0.3) is 0 Å². The molecule has 8 nitrogen and oxygen atoms in total. The normalized spacial score (nSPS) is 12.5. The molecule has 0 heterocycles. The average Bonchev–Trinajstić information content (AvgIpc) is 2.56. The van der Waals surface area contributed by atoms with Crippen LogP contribution in [-0.4, -0.2) is 46.9 Å². The van der Waals surface area contributed by atoms with Crippen molar-refractivity contribution in [2.75, 3.05) is 21.3 Å². The Balaban J connectivity index is 3.33. The molecule has 0 aliphatic heterocycles. The molecule has 0 amide bonds. The van der Waals surface area contributed by atoms with E-state index in [-0.39, 0.29) is 22.8 Å². The molecule has 0 saturated heterocycles. The van der Waals surface area contributed by atoms with E-state index in [0.29, 0.717) is 12.2 Å². The van der Waals surface area contributed by atoms with E-state index < -0.39 is 22.0 Å². The van der Waals surface area contributed by atoms with E-state index >= 15 is 0 Å². The fourth-order valence-corrected chi connectivity index (χ4v) is 3.65. The molecule has 2 N–H and O–H groups in total. The third-order valence-corrected chi connectivity index (χ3v) is 4.92. The molecule has 0 unspecified atom stereocenters. The predicted molar refractivity (Wildman–Crippen MR) is 87.4 cm³/mol. The lowest BCUT2D eigenvalue weighted by atomic mass is 10.1. The second kappa shape index (κ2) is 8.74. The van der Waals surface area contributed by atoms with Crippen LogP contribution in [0.2, 0.25) is 0 Å². The van der Waals surface area contributed by atoms with Crippen molar-refractivity contribution >= 4 is 16.0 Å². The molecular weight excluding hydrogens is 338 g/mol. The Hall–Kier alpha value is -2.00. The highest BCUT2D eigenvalue weighted by atomic mass is 32.2. The second-order valence-corrected chi connectivity index (χ2v) is 6.67. The van der Waals surface area contributed by atoms with Crippen LogP contribution in [0.1, 0.15) is 26.2 Å². The van der Waals surface area contributed by atoms with Crippen molar-refractivity contribution in [2.24, 2.45) is 0 Å². The van der Waals surface area contributed by atoms with Gasteiger partial charge in [-0.3, -0.25) is 4.79 Å². The van der Waals surface area contributed by atoms with E-state index in [1.165, 1.54) is 33.5 Å². The van der Waals surface area contributed by atoms with Crippen LogP contribution in [-0.2, 0) is 14.8 Å². The summed E-state index contributed by atoms with van der Waals surface area (Å²) in [5.41, 5.74) is 0. The molecule has 0 radical (unpaired) electrons. The second-order valence-electron chi connectivity index (χ2n) is 5.02. The van der Waals surface area contributed by atoms with Gasteiger partial charge < -0.3 is 19.3 Å². The van der Waals surface area contributed by atoms with Crippen LogP contribution in [0.4, 0.5) is 0 Å². The Morgan fingerprint density at radius 3 is 2.08 bits per heavy atom. The number of nitrogens with one attached hydrogen (secondary N) is 1. The van der Waals surface area contributed by atoms with Gasteiger partial charge in [0, 0.05) is 12.1 Å². The van der Waals surface area contributed by atoms with Gasteiger partial charge in [0.1, 0.15) is 23.3 Å². The van der Waals surface area contributed by atoms with E-state index in [9.17, 15) is 18.3 Å². The van der Waals surface area contributed by atoms with Gasteiger partial charge >= 0.3 is 5.97 Å². The standard InChI is InChI=1S/C15H23NO7S/c1-5-6-7-11(15(17)18)16-24(19,20)14-12(22-3)8-10(21-2)9-13(14)23-4/h8-9,11,16H,5-7H2,1-4H3,(H,17,18)/t11-/m0/s1. The molecule has 1 rings (SSSR count). The Bertz CT molecular complexity index is 647. The number of methoxy groups -OCH3 is 3. The lowest BCUT2D eigenvalue weighted by Gasteiger charge is -2.18. The van der Waals surface area contributed by atoms with E-state index in [1.807, 2.05) is 6.92 Å². The molecule has 0 aromatic heterocycles. The van der Waals surface area contributed by atoms with Crippen molar-refractivity contribution < 1.29 is 32.5 Å². The van der Waals surface area contributed by atoms with E-state index in [4.69, 9.17) is 14.2 Å². The van der Waals surface area contributed by atoms with Crippen molar-refractivity contribution in [3.63, 3.8) is 0 Å². The molecule has 0 aliphatic carbocycles. The number of benzene rings is 1. The summed E-state index contributed by atoms with van der Waals surface area (Å²) < 4.78 is 42.9. The van der Waals surface area contributed by atoms with Crippen molar-refractivity contribution in [1.29, 1.82) is 0 Å². The molecule has 0 fully saturated rings. The number of ether oxygens (including phenoxy) is 3. The average molecular weight is 361 g/mol. The number of carboxylic acid groups (broad SMARTS) is 1. The number of hydrogen-bond acceptors (Lipinski definition) is 6. The van der Waals surface area contributed by atoms with Crippen LogP contribution in [0, 0.1) is 0 Å². The number of aliphatic carboxylic acids is 1. The van der Waals surface area contributed by atoms with Gasteiger partial charge in [-0.05, 0) is 6.42 Å². The number of rotatable bonds is 10. The summed E-state index contributed by atoms with van der Waals surface area (Å²) in [5.74, 6) is -0.890. The number of carboxylic acids is 1. The Morgan fingerprint density at radius 1 is 1.17 bits per heavy atom. The van der Waals surface area contributed by atoms with E-state index in [1.54, 1.807) is 0 Å². The smallest absolute Gasteiger partial charge is 0.321 e. The number of hydrogen-bond donors (Lipinski definition) is 2. The number of sulfonamides is 1. The lowest BCUT2D eigenvalue weighted by Crippen LogP contribution is -2.40. The van der Waals surface area contributed by atoms with Gasteiger partial charge in [-0.25, -0.2) is 8.42 Å². The van der Waals surface area contributed by atoms with Crippen molar-refractivity contribution in [3.8, 4) is 17.2 Å². The van der Waals surface area contributed by atoms with Gasteiger partial charge in [-0.1, -0.05) is 19.8 Å². The topological polar surface area (TPSA) is 111 Å². The Labute approximate surface area is 141 Å². The molecule has 0 aliphatic rings. The maximum absolute atomic E-state index is 12.7. The van der Waals surface area contributed by atoms with E-state index in [0.717, 1.165) is 6.42 Å². The van der Waals surface area contributed by atoms with Gasteiger partial charge in [-0.2, -0.15) is 4.72 Å². The van der Waals surface area contributed by atoms with Crippen molar-refractivity contribution in [1.82, 2.24) is 4.72 Å². The summed E-state index contributed by atoms with van der Waals surface area (Å²) in [7, 11) is -0.150. The van der Waals surface area contributed by atoms with Gasteiger partial charge in [-0.15, -0.1) is 0 Å². The number of carbonyl (C=O) groups is 1. The molecule has 24 heavy (non-hydrogen) atoms. The first-order valence-corrected chi connectivity index (χ1v) is 8.84. The summed E-state index contributed by atoms with van der Waals surface area (Å²) in [4.78, 5) is 11.0. The van der Waals surface area contributed by atoms with E-state index in [2.05, 4.69) is 4.72 Å². The highest BCUT2D eigenvalue weighted by Crippen LogP contribution is 2.37. The van der Waals surface area contributed by atoms with Gasteiger partial charge in [0.05, 0.1) is 21.3 Å². The zero-order valence-corrected chi connectivity index (χ0v) is 15.0. The molecule has 9 heteroatoms. The quantitative estimate of drug-likeness (QED) is 0.651. The minimum absolute atomic E-state index is 0.00155. The van der Waals surface area contributed by atoms with Crippen LogP contribution in [0.3, 0.4) is 0 Å². The Kier molecular flexibility index (Phi) is 7.30. The van der Waals surface area contributed by atoms with Crippen molar-refractivity contribution in [3.05, 3.63) is 12.1 Å². The fraction of sp³-hybridized carbons (Fsp3) is 0.533. The molecule has 0 spiro atoms. The molecular formula is C15H23NO7S. The maximum atomic E-state index is 12.7. The fourth-order valence-electron chi connectivity index (χ4n) is 2.13. The molecule has 1 atom stereocenters. The van der Waals surface area contributed by atoms with Gasteiger partial charge in [0.15, 0.2) is 4.90 Å². The highest BCUT2D eigenvalue weighted by molar-refractivity contribution is 7.89. The Morgan fingerprint density at radius 2 is 1.71 bits per heavy atom.